The zero-order valence-corrected chi connectivity index (χ0v) is 15.3. The molecule has 1 heterocycles. The maximum atomic E-state index is 12.6. The Morgan fingerprint density at radius 3 is 2.48 bits per heavy atom. The molecule has 2 amide bonds. The van der Waals surface area contributed by atoms with E-state index in [-0.39, 0.29) is 17.7 Å². The fraction of sp³-hybridized carbons (Fsp3) is 0.579. The molecule has 1 aliphatic heterocycles. The molecule has 0 aromatic heterocycles. The second kappa shape index (κ2) is 10.2. The van der Waals surface area contributed by atoms with Gasteiger partial charge in [-0.1, -0.05) is 44.2 Å². The van der Waals surface area contributed by atoms with Crippen LogP contribution in [0.4, 0.5) is 0 Å². The monoisotopic (exact) mass is 346 g/mol. The van der Waals surface area contributed by atoms with Crippen LogP contribution in [0.25, 0.3) is 0 Å². The number of hydrogen-bond acceptors (Lipinski definition) is 4. The van der Waals surface area contributed by atoms with Gasteiger partial charge in [-0.2, -0.15) is 0 Å². The van der Waals surface area contributed by atoms with E-state index in [0.717, 1.165) is 38.3 Å². The van der Waals surface area contributed by atoms with Crippen LogP contribution in [-0.2, 0) is 9.59 Å². The molecule has 6 nitrogen and oxygen atoms in total. The van der Waals surface area contributed by atoms with Crippen LogP contribution in [0, 0.1) is 5.92 Å². The normalized spacial score (nSPS) is 16.4. The second-order valence-electron chi connectivity index (χ2n) is 6.89. The molecular weight excluding hydrogens is 316 g/mol. The number of hydrogen-bond donors (Lipinski definition) is 3. The van der Waals surface area contributed by atoms with Gasteiger partial charge in [0, 0.05) is 45.7 Å². The van der Waals surface area contributed by atoms with E-state index < -0.39 is 6.04 Å². The van der Waals surface area contributed by atoms with Gasteiger partial charge >= 0.3 is 0 Å². The van der Waals surface area contributed by atoms with Crippen LogP contribution >= 0.6 is 0 Å². The molecule has 0 bridgehead atoms. The van der Waals surface area contributed by atoms with E-state index in [9.17, 15) is 9.59 Å². The number of carbonyl (C=O) groups is 2. The fourth-order valence-corrected chi connectivity index (χ4v) is 2.91. The summed E-state index contributed by atoms with van der Waals surface area (Å²) in [5.74, 6) is 0.00624. The molecular formula is C19H30N4O2. The first-order valence-corrected chi connectivity index (χ1v) is 9.11. The summed E-state index contributed by atoms with van der Waals surface area (Å²) in [6, 6.07) is 8.76. The summed E-state index contributed by atoms with van der Waals surface area (Å²) in [6.07, 6.45) is 0.414. The lowest BCUT2D eigenvalue weighted by atomic mass is 10.0. The van der Waals surface area contributed by atoms with Crippen molar-refractivity contribution in [3.8, 4) is 0 Å². The summed E-state index contributed by atoms with van der Waals surface area (Å²) in [4.78, 5) is 27.1. The molecule has 1 saturated heterocycles. The lowest BCUT2D eigenvalue weighted by Gasteiger charge is -2.27. The van der Waals surface area contributed by atoms with E-state index in [1.165, 1.54) is 0 Å². The maximum absolute atomic E-state index is 12.6. The van der Waals surface area contributed by atoms with Gasteiger partial charge in [-0.25, -0.2) is 0 Å². The zero-order chi connectivity index (χ0) is 18.1. The summed E-state index contributed by atoms with van der Waals surface area (Å²) in [5, 5.41) is 9.16. The number of carbonyl (C=O) groups excluding carboxylic acids is 2. The minimum Gasteiger partial charge on any atom is -0.353 e. The van der Waals surface area contributed by atoms with Crippen molar-refractivity contribution in [1.29, 1.82) is 0 Å². The Labute approximate surface area is 150 Å². The molecule has 138 valence electrons. The third-order valence-corrected chi connectivity index (χ3v) is 4.23. The van der Waals surface area contributed by atoms with Gasteiger partial charge in [0.25, 0.3) is 0 Å². The summed E-state index contributed by atoms with van der Waals surface area (Å²) < 4.78 is 0. The Morgan fingerprint density at radius 2 is 1.84 bits per heavy atom. The molecule has 0 radical (unpaired) electrons. The minimum atomic E-state index is -0.643. The molecule has 0 saturated carbocycles. The third kappa shape index (κ3) is 6.84. The van der Waals surface area contributed by atoms with Crippen molar-refractivity contribution in [3.63, 3.8) is 0 Å². The Bertz CT molecular complexity index is 542. The molecule has 1 atom stereocenters. The van der Waals surface area contributed by atoms with Gasteiger partial charge < -0.3 is 16.0 Å². The van der Waals surface area contributed by atoms with Crippen LogP contribution in [0.2, 0.25) is 0 Å². The molecule has 2 rings (SSSR count). The number of piperazine rings is 1. The first-order valence-electron chi connectivity index (χ1n) is 9.11. The molecule has 0 spiro atoms. The average Bonchev–Trinajstić information content (AvgIpc) is 2.60. The van der Waals surface area contributed by atoms with E-state index in [4.69, 9.17) is 0 Å². The van der Waals surface area contributed by atoms with Crippen LogP contribution in [0.1, 0.15) is 31.9 Å². The molecule has 25 heavy (non-hydrogen) atoms. The van der Waals surface area contributed by atoms with Gasteiger partial charge in [-0.3, -0.25) is 14.5 Å². The maximum Gasteiger partial charge on any atom is 0.247 e. The zero-order valence-electron chi connectivity index (χ0n) is 15.3. The smallest absolute Gasteiger partial charge is 0.247 e. The van der Waals surface area contributed by atoms with Gasteiger partial charge in [0.15, 0.2) is 0 Å². The van der Waals surface area contributed by atoms with Gasteiger partial charge in [0.2, 0.25) is 11.8 Å². The van der Waals surface area contributed by atoms with Crippen molar-refractivity contribution in [2.45, 2.75) is 26.3 Å². The lowest BCUT2D eigenvalue weighted by molar-refractivity contribution is -0.129. The van der Waals surface area contributed by atoms with Gasteiger partial charge in [0.1, 0.15) is 6.04 Å². The molecule has 1 fully saturated rings. The molecule has 6 heteroatoms. The van der Waals surface area contributed by atoms with Crippen molar-refractivity contribution in [3.05, 3.63) is 35.9 Å². The summed E-state index contributed by atoms with van der Waals surface area (Å²) >= 11 is 0. The Kier molecular flexibility index (Phi) is 7.88. The summed E-state index contributed by atoms with van der Waals surface area (Å²) in [5.41, 5.74) is 0.805. The van der Waals surface area contributed by atoms with E-state index in [1.54, 1.807) is 0 Å². The highest BCUT2D eigenvalue weighted by Gasteiger charge is 2.22. The van der Waals surface area contributed by atoms with Crippen molar-refractivity contribution in [2.75, 3.05) is 39.3 Å². The quantitative estimate of drug-likeness (QED) is 0.654. The Morgan fingerprint density at radius 1 is 1.16 bits per heavy atom. The third-order valence-electron chi connectivity index (χ3n) is 4.23. The van der Waals surface area contributed by atoms with Crippen molar-refractivity contribution in [2.24, 2.45) is 5.92 Å². The van der Waals surface area contributed by atoms with E-state index in [0.29, 0.717) is 13.0 Å². The van der Waals surface area contributed by atoms with E-state index in [1.807, 2.05) is 44.2 Å². The minimum absolute atomic E-state index is 0.0962. The van der Waals surface area contributed by atoms with E-state index >= 15 is 0 Å². The van der Waals surface area contributed by atoms with E-state index in [2.05, 4.69) is 20.9 Å². The van der Waals surface area contributed by atoms with Crippen molar-refractivity contribution in [1.82, 2.24) is 20.9 Å². The number of nitrogens with one attached hydrogen (secondary N) is 3. The predicted molar refractivity (Wildman–Crippen MR) is 99.1 cm³/mol. The first-order chi connectivity index (χ1) is 12.1. The number of rotatable bonds is 8. The predicted octanol–water partition coefficient (Wildman–Crippen LogP) is 0.911. The highest BCUT2D eigenvalue weighted by atomic mass is 16.2. The lowest BCUT2D eigenvalue weighted by Crippen LogP contribution is -2.47. The molecule has 1 unspecified atom stereocenters. The van der Waals surface area contributed by atoms with Crippen LogP contribution in [0.3, 0.4) is 0 Å². The van der Waals surface area contributed by atoms with Crippen LogP contribution in [0.15, 0.2) is 30.3 Å². The average molecular weight is 346 g/mol. The fourth-order valence-electron chi connectivity index (χ4n) is 2.91. The van der Waals surface area contributed by atoms with Crippen LogP contribution in [-0.4, -0.2) is 56.0 Å². The Balaban J connectivity index is 1.91. The van der Waals surface area contributed by atoms with Gasteiger partial charge in [-0.05, 0) is 11.5 Å². The standard InChI is InChI=1S/C19H30N4O2/c1-15(2)14-17(24)22-18(16-6-4-3-5-7-16)19(25)21-10-13-23-11-8-20-9-12-23/h3-7,15,18,20H,8-14H2,1-2H3,(H,21,25)(H,22,24). The van der Waals surface area contributed by atoms with Crippen LogP contribution in [0.5, 0.6) is 0 Å². The highest BCUT2D eigenvalue weighted by Crippen LogP contribution is 2.14. The Hall–Kier alpha value is -1.92. The topological polar surface area (TPSA) is 73.5 Å². The molecule has 1 aliphatic rings. The van der Waals surface area contributed by atoms with Gasteiger partial charge in [-0.15, -0.1) is 0 Å². The van der Waals surface area contributed by atoms with Crippen molar-refractivity contribution < 1.29 is 9.59 Å². The molecule has 3 N–H and O–H groups in total. The van der Waals surface area contributed by atoms with Crippen LogP contribution < -0.4 is 16.0 Å². The van der Waals surface area contributed by atoms with Crippen molar-refractivity contribution >= 4 is 11.8 Å². The SMILES string of the molecule is CC(C)CC(=O)NC(C(=O)NCCN1CCNCC1)c1ccccc1. The second-order valence-corrected chi connectivity index (χ2v) is 6.89. The number of nitrogens with zero attached hydrogens (tertiary/aromatic N) is 1. The molecule has 1 aromatic rings. The largest absolute Gasteiger partial charge is 0.353 e. The number of benzene rings is 1. The number of amides is 2. The first kappa shape index (κ1) is 19.4. The summed E-state index contributed by atoms with van der Waals surface area (Å²) in [6.45, 7) is 9.39. The molecule has 1 aromatic carbocycles. The molecule has 0 aliphatic carbocycles. The highest BCUT2D eigenvalue weighted by molar-refractivity contribution is 5.88. The van der Waals surface area contributed by atoms with Gasteiger partial charge in [0.05, 0.1) is 0 Å². The summed E-state index contributed by atoms with van der Waals surface area (Å²) in [7, 11) is 0.